The van der Waals surface area contributed by atoms with Crippen LogP contribution in [0.2, 0.25) is 0 Å². The van der Waals surface area contributed by atoms with Gasteiger partial charge in [-0.15, -0.1) is 10.2 Å². The topological polar surface area (TPSA) is 128 Å². The molecule has 0 radical (unpaired) electrons. The van der Waals surface area contributed by atoms with Crippen molar-refractivity contribution in [2.45, 2.75) is 66.2 Å². The molecule has 14 heteroatoms. The number of halogens is 2. The standard InChI is InChI=1S/C28H26F2N6O4S2/c1-18-2-4-19(5-3-18)42(39,40)35-15-8-23-25(35)31-17-24-32-33-26(36(23)24)27-9-12-28(13-10-27,14-11-27)34-41(37,38)20-6-7-21(29)22(30)16-20/h2-8,15-17,34H,9-14H2,1H3. The molecule has 5 aromatic rings. The van der Waals surface area contributed by atoms with Gasteiger partial charge >= 0.3 is 0 Å². The van der Waals surface area contributed by atoms with Crippen molar-refractivity contribution in [2.75, 3.05) is 0 Å². The van der Waals surface area contributed by atoms with Crippen molar-refractivity contribution >= 4 is 36.9 Å². The Hall–Kier alpha value is -3.75. The Morgan fingerprint density at radius 3 is 2.17 bits per heavy atom. The molecule has 3 heterocycles. The second kappa shape index (κ2) is 9.12. The summed E-state index contributed by atoms with van der Waals surface area (Å²) in [6.07, 6.45) is 6.36. The van der Waals surface area contributed by atoms with E-state index in [1.165, 1.54) is 12.4 Å². The van der Waals surface area contributed by atoms with Gasteiger partial charge in [0.15, 0.2) is 22.9 Å². The molecular weight excluding hydrogens is 586 g/mol. The average Bonchev–Trinajstić information content (AvgIpc) is 3.60. The summed E-state index contributed by atoms with van der Waals surface area (Å²) in [4.78, 5) is 4.25. The number of sulfonamides is 1. The molecule has 2 aromatic carbocycles. The molecular formula is C28H26F2N6O4S2. The van der Waals surface area contributed by atoms with Gasteiger partial charge in [-0.25, -0.2) is 39.3 Å². The third kappa shape index (κ3) is 4.07. The smallest absolute Gasteiger partial charge is 0.269 e. The maximum Gasteiger partial charge on any atom is 0.269 e. The lowest BCUT2D eigenvalue weighted by atomic mass is 9.57. The van der Waals surface area contributed by atoms with E-state index in [9.17, 15) is 25.6 Å². The van der Waals surface area contributed by atoms with Crippen LogP contribution in [0.5, 0.6) is 0 Å². The zero-order valence-corrected chi connectivity index (χ0v) is 24.1. The van der Waals surface area contributed by atoms with E-state index in [4.69, 9.17) is 0 Å². The molecule has 3 aliphatic rings. The van der Waals surface area contributed by atoms with Crippen LogP contribution in [0.1, 0.15) is 49.9 Å². The van der Waals surface area contributed by atoms with Crippen molar-refractivity contribution in [1.82, 2.24) is 28.3 Å². The Balaban J connectivity index is 1.22. The maximum atomic E-state index is 13.8. The number of aromatic nitrogens is 5. The minimum Gasteiger partial charge on any atom is -0.274 e. The summed E-state index contributed by atoms with van der Waals surface area (Å²) in [7, 11) is -7.98. The zero-order valence-electron chi connectivity index (χ0n) is 22.5. The largest absolute Gasteiger partial charge is 0.274 e. The van der Waals surface area contributed by atoms with Crippen LogP contribution in [-0.2, 0) is 25.5 Å². The van der Waals surface area contributed by atoms with Gasteiger partial charge in [-0.05, 0) is 81.8 Å². The third-order valence-corrected chi connectivity index (χ3v) is 12.1. The lowest BCUT2D eigenvalue weighted by molar-refractivity contribution is 0.0882. The van der Waals surface area contributed by atoms with Gasteiger partial charge in [0, 0.05) is 17.2 Å². The summed E-state index contributed by atoms with van der Waals surface area (Å²) in [6, 6.07) is 10.9. The highest BCUT2D eigenvalue weighted by Gasteiger charge is 2.53. The number of hydrogen-bond donors (Lipinski definition) is 1. The van der Waals surface area contributed by atoms with Crippen LogP contribution < -0.4 is 4.72 Å². The highest BCUT2D eigenvalue weighted by atomic mass is 32.2. The van der Waals surface area contributed by atoms with Crippen molar-refractivity contribution < 1.29 is 25.6 Å². The van der Waals surface area contributed by atoms with Crippen LogP contribution in [0.4, 0.5) is 8.78 Å². The highest BCUT2D eigenvalue weighted by molar-refractivity contribution is 7.90. The minimum absolute atomic E-state index is 0.150. The lowest BCUT2D eigenvalue weighted by Crippen LogP contribution is -2.58. The van der Waals surface area contributed by atoms with E-state index < -0.39 is 42.6 Å². The Morgan fingerprint density at radius 1 is 0.833 bits per heavy atom. The zero-order chi connectivity index (χ0) is 29.5. The van der Waals surface area contributed by atoms with E-state index in [1.807, 2.05) is 11.3 Å². The normalized spacial score (nSPS) is 22.7. The molecule has 3 saturated carbocycles. The predicted molar refractivity (Wildman–Crippen MR) is 149 cm³/mol. The molecule has 3 aromatic heterocycles. The van der Waals surface area contributed by atoms with Gasteiger partial charge in [0.1, 0.15) is 5.82 Å². The molecule has 8 rings (SSSR count). The highest BCUT2D eigenvalue weighted by Crippen LogP contribution is 2.53. The van der Waals surface area contributed by atoms with Crippen LogP contribution in [0, 0.1) is 18.6 Å². The molecule has 0 unspecified atom stereocenters. The Morgan fingerprint density at radius 2 is 1.50 bits per heavy atom. The predicted octanol–water partition coefficient (Wildman–Crippen LogP) is 4.23. The van der Waals surface area contributed by atoms with Gasteiger partial charge < -0.3 is 0 Å². The summed E-state index contributed by atoms with van der Waals surface area (Å²) >= 11 is 0. The van der Waals surface area contributed by atoms with Gasteiger partial charge in [-0.3, -0.25) is 4.40 Å². The molecule has 42 heavy (non-hydrogen) atoms. The fourth-order valence-corrected chi connectivity index (χ4v) is 9.25. The second-order valence-electron chi connectivity index (χ2n) is 11.4. The van der Waals surface area contributed by atoms with Crippen molar-refractivity contribution in [3.8, 4) is 0 Å². The SMILES string of the molecule is Cc1ccc(S(=O)(=O)n2ccc3c2ncc2nnc(C45CCC(NS(=O)(=O)c6ccc(F)c(F)c6)(CC4)CC5)n23)cc1. The van der Waals surface area contributed by atoms with Crippen molar-refractivity contribution in [3.63, 3.8) is 0 Å². The van der Waals surface area contributed by atoms with E-state index in [2.05, 4.69) is 19.9 Å². The first-order valence-corrected chi connectivity index (χ1v) is 16.4. The van der Waals surface area contributed by atoms with Gasteiger partial charge in [0.2, 0.25) is 10.0 Å². The van der Waals surface area contributed by atoms with E-state index in [1.54, 1.807) is 30.3 Å². The molecule has 2 bridgehead atoms. The van der Waals surface area contributed by atoms with E-state index in [0.29, 0.717) is 61.6 Å². The fourth-order valence-electron chi connectivity index (χ4n) is 6.45. The number of benzene rings is 2. The second-order valence-corrected chi connectivity index (χ2v) is 14.9. The van der Waals surface area contributed by atoms with Gasteiger partial charge in [0.05, 0.1) is 21.5 Å². The Bertz CT molecular complexity index is 2080. The van der Waals surface area contributed by atoms with Crippen molar-refractivity contribution in [1.29, 1.82) is 0 Å². The summed E-state index contributed by atoms with van der Waals surface area (Å²) < 4.78 is 86.1. The molecule has 3 aliphatic carbocycles. The summed E-state index contributed by atoms with van der Waals surface area (Å²) in [5.74, 6) is -1.64. The lowest BCUT2D eigenvalue weighted by Gasteiger charge is -2.52. The monoisotopic (exact) mass is 612 g/mol. The van der Waals surface area contributed by atoms with Gasteiger partial charge in [-0.1, -0.05) is 17.7 Å². The molecule has 0 aliphatic heterocycles. The summed E-state index contributed by atoms with van der Waals surface area (Å²) in [5, 5.41) is 8.88. The molecule has 0 saturated heterocycles. The summed E-state index contributed by atoms with van der Waals surface area (Å²) in [5.41, 5.74) is 1.12. The van der Waals surface area contributed by atoms with E-state index >= 15 is 0 Å². The molecule has 10 nitrogen and oxygen atoms in total. The Labute approximate surface area is 240 Å². The number of aryl methyl sites for hydroxylation is 1. The minimum atomic E-state index is -4.08. The third-order valence-electron chi connectivity index (χ3n) is 8.89. The van der Waals surface area contributed by atoms with Crippen LogP contribution in [-0.4, -0.2) is 45.9 Å². The van der Waals surface area contributed by atoms with Gasteiger partial charge in [0.25, 0.3) is 10.0 Å². The van der Waals surface area contributed by atoms with E-state index in [-0.39, 0.29) is 15.4 Å². The Kier molecular flexibility index (Phi) is 5.89. The number of hydrogen-bond acceptors (Lipinski definition) is 7. The average molecular weight is 613 g/mol. The van der Waals surface area contributed by atoms with Gasteiger partial charge in [-0.2, -0.15) is 0 Å². The number of rotatable bonds is 6. The molecule has 3 fully saturated rings. The first kappa shape index (κ1) is 27.1. The van der Waals surface area contributed by atoms with Crippen LogP contribution >= 0.6 is 0 Å². The van der Waals surface area contributed by atoms with Crippen LogP contribution in [0.15, 0.2) is 70.7 Å². The fraction of sp³-hybridized carbons (Fsp3) is 0.321. The molecule has 0 spiro atoms. The van der Waals surface area contributed by atoms with Crippen LogP contribution in [0.25, 0.3) is 16.8 Å². The molecule has 218 valence electrons. The first-order chi connectivity index (χ1) is 19.9. The summed E-state index contributed by atoms with van der Waals surface area (Å²) in [6.45, 7) is 1.88. The number of fused-ring (bicyclic) bond motifs is 6. The molecule has 1 N–H and O–H groups in total. The van der Waals surface area contributed by atoms with Crippen molar-refractivity contribution in [3.05, 3.63) is 83.9 Å². The molecule has 0 atom stereocenters. The van der Waals surface area contributed by atoms with Crippen LogP contribution in [0.3, 0.4) is 0 Å². The van der Waals surface area contributed by atoms with E-state index in [0.717, 1.165) is 21.7 Å². The number of nitrogens with zero attached hydrogens (tertiary/aromatic N) is 5. The maximum absolute atomic E-state index is 13.8. The quantitative estimate of drug-likeness (QED) is 0.304. The number of nitrogens with one attached hydrogen (secondary N) is 1. The molecule has 0 amide bonds. The first-order valence-electron chi connectivity index (χ1n) is 13.5. The van der Waals surface area contributed by atoms with Crippen molar-refractivity contribution in [2.24, 2.45) is 0 Å².